The standard InChI is InChI=1S/C42H24N4/c1-2-11-26-24-27(23-22-25(26)10-1)40-32-13-3-5-17-33(32)43-42(44-40)46-35-19-8-14-29-31-16-7-15-30-28-12-4-6-18-34(28)45(41(30)31)36-20-9-21-37(46)39(36)38(29)35/h1-24H. The summed E-state index contributed by atoms with van der Waals surface area (Å²) in [6, 6.07) is 52.2. The summed E-state index contributed by atoms with van der Waals surface area (Å²) in [7, 11) is 0. The summed E-state index contributed by atoms with van der Waals surface area (Å²) in [4.78, 5) is 10.6. The van der Waals surface area contributed by atoms with Gasteiger partial charge in [0, 0.05) is 37.9 Å². The van der Waals surface area contributed by atoms with Crippen molar-refractivity contribution in [3.8, 4) is 17.2 Å². The number of benzene rings is 7. The summed E-state index contributed by atoms with van der Waals surface area (Å²) in [5.74, 6) is 0.674. The Labute approximate surface area is 262 Å². The van der Waals surface area contributed by atoms with E-state index in [4.69, 9.17) is 9.97 Å². The van der Waals surface area contributed by atoms with Crippen LogP contribution in [0.3, 0.4) is 0 Å². The van der Waals surface area contributed by atoms with Gasteiger partial charge < -0.3 is 4.40 Å². The highest BCUT2D eigenvalue weighted by Crippen LogP contribution is 2.44. The summed E-state index contributed by atoms with van der Waals surface area (Å²) in [5, 5.41) is 10.9. The molecule has 0 unspecified atom stereocenters. The first-order chi connectivity index (χ1) is 22.8. The van der Waals surface area contributed by atoms with E-state index in [0.717, 1.165) is 33.2 Å². The fraction of sp³-hybridized carbons (Fsp3) is 0. The smallest absolute Gasteiger partial charge is 0.235 e. The number of hydrogen-bond acceptors (Lipinski definition) is 2. The van der Waals surface area contributed by atoms with Crippen LogP contribution in [-0.2, 0) is 0 Å². The average molecular weight is 585 g/mol. The van der Waals surface area contributed by atoms with E-state index < -0.39 is 0 Å². The van der Waals surface area contributed by atoms with Crippen molar-refractivity contribution < 1.29 is 0 Å². The minimum Gasteiger partial charge on any atom is -0.308 e. The van der Waals surface area contributed by atoms with E-state index in [1.54, 1.807) is 0 Å². The van der Waals surface area contributed by atoms with Gasteiger partial charge in [-0.1, -0.05) is 109 Å². The number of hydrogen-bond donors (Lipinski definition) is 0. The molecule has 0 aliphatic carbocycles. The first-order valence-corrected chi connectivity index (χ1v) is 15.7. The first kappa shape index (κ1) is 24.1. The van der Waals surface area contributed by atoms with Gasteiger partial charge in [0.1, 0.15) is 0 Å². The fourth-order valence-electron chi connectivity index (χ4n) is 7.92. The van der Waals surface area contributed by atoms with Crippen molar-refractivity contribution in [2.75, 3.05) is 0 Å². The van der Waals surface area contributed by atoms with Crippen LogP contribution < -0.4 is 0 Å². The molecule has 0 atom stereocenters. The predicted octanol–water partition coefficient (Wildman–Crippen LogP) is 10.7. The summed E-state index contributed by atoms with van der Waals surface area (Å²) < 4.78 is 4.74. The van der Waals surface area contributed by atoms with Crippen LogP contribution in [0.4, 0.5) is 0 Å². The summed E-state index contributed by atoms with van der Waals surface area (Å²) in [6.07, 6.45) is 0. The Hall–Kier alpha value is -6.26. The molecule has 11 aromatic rings. The van der Waals surface area contributed by atoms with Gasteiger partial charge in [-0.2, -0.15) is 0 Å². The van der Waals surface area contributed by atoms with Crippen LogP contribution in [0.5, 0.6) is 0 Å². The van der Waals surface area contributed by atoms with Crippen molar-refractivity contribution in [1.29, 1.82) is 0 Å². The molecule has 4 nitrogen and oxygen atoms in total. The van der Waals surface area contributed by atoms with Gasteiger partial charge in [0.2, 0.25) is 5.95 Å². The molecular formula is C42H24N4. The molecule has 0 saturated heterocycles. The zero-order valence-electron chi connectivity index (χ0n) is 24.6. The Balaban J connectivity index is 1.32. The Morgan fingerprint density at radius 3 is 1.96 bits per heavy atom. The van der Waals surface area contributed by atoms with Crippen molar-refractivity contribution in [2.45, 2.75) is 0 Å². The van der Waals surface area contributed by atoms with Crippen molar-refractivity contribution in [1.82, 2.24) is 18.9 Å². The van der Waals surface area contributed by atoms with Crippen LogP contribution in [-0.4, -0.2) is 18.9 Å². The van der Waals surface area contributed by atoms with Gasteiger partial charge in [-0.25, -0.2) is 9.97 Å². The third-order valence-electron chi connectivity index (χ3n) is 9.83. The van der Waals surface area contributed by atoms with Gasteiger partial charge in [0.15, 0.2) is 0 Å². The minimum absolute atomic E-state index is 0.674. The molecule has 0 fully saturated rings. The van der Waals surface area contributed by atoms with Gasteiger partial charge in [-0.05, 0) is 52.6 Å². The minimum atomic E-state index is 0.674. The van der Waals surface area contributed by atoms with Gasteiger partial charge in [0.05, 0.1) is 38.8 Å². The molecule has 7 aromatic carbocycles. The van der Waals surface area contributed by atoms with E-state index in [2.05, 4.69) is 155 Å². The molecule has 0 spiro atoms. The second kappa shape index (κ2) is 8.68. The van der Waals surface area contributed by atoms with Gasteiger partial charge in [0.25, 0.3) is 0 Å². The van der Waals surface area contributed by atoms with Crippen molar-refractivity contribution in [3.05, 3.63) is 146 Å². The lowest BCUT2D eigenvalue weighted by Crippen LogP contribution is -2.03. The molecule has 0 bridgehead atoms. The highest BCUT2D eigenvalue weighted by atomic mass is 15.2. The molecule has 0 aliphatic heterocycles. The molecule has 11 rings (SSSR count). The highest BCUT2D eigenvalue weighted by molar-refractivity contribution is 6.31. The lowest BCUT2D eigenvalue weighted by molar-refractivity contribution is 1.01. The van der Waals surface area contributed by atoms with Crippen LogP contribution in [0, 0.1) is 0 Å². The topological polar surface area (TPSA) is 35.1 Å². The molecule has 46 heavy (non-hydrogen) atoms. The van der Waals surface area contributed by atoms with Crippen LogP contribution in [0.1, 0.15) is 0 Å². The Morgan fingerprint density at radius 2 is 1.04 bits per heavy atom. The average Bonchev–Trinajstić information content (AvgIpc) is 3.60. The van der Waals surface area contributed by atoms with E-state index in [-0.39, 0.29) is 0 Å². The number of fused-ring (bicyclic) bond motifs is 7. The Bertz CT molecular complexity index is 3030. The van der Waals surface area contributed by atoms with E-state index >= 15 is 0 Å². The molecular weight excluding hydrogens is 560 g/mol. The van der Waals surface area contributed by atoms with Crippen molar-refractivity contribution >= 4 is 81.6 Å². The quantitative estimate of drug-likeness (QED) is 0.203. The van der Waals surface area contributed by atoms with Gasteiger partial charge >= 0.3 is 0 Å². The van der Waals surface area contributed by atoms with Crippen molar-refractivity contribution in [2.24, 2.45) is 0 Å². The number of rotatable bonds is 2. The molecule has 4 heteroatoms. The lowest BCUT2D eigenvalue weighted by atomic mass is 10.0. The molecule has 0 aliphatic rings. The summed E-state index contributed by atoms with van der Waals surface area (Å²) in [6.45, 7) is 0. The molecule has 212 valence electrons. The SMILES string of the molecule is c1ccc2cc(-c3nc(-n4c5cccc6c7cccc8c9ccccc9n(c9cccc4c9c65)c78)nc4ccccc34)ccc2c1. The molecule has 4 heterocycles. The third-order valence-corrected chi connectivity index (χ3v) is 9.83. The zero-order chi connectivity index (χ0) is 29.9. The lowest BCUT2D eigenvalue weighted by Gasteiger charge is -2.12. The van der Waals surface area contributed by atoms with Crippen molar-refractivity contribution in [3.63, 3.8) is 0 Å². The summed E-state index contributed by atoms with van der Waals surface area (Å²) in [5.41, 5.74) is 8.79. The first-order valence-electron chi connectivity index (χ1n) is 15.7. The molecule has 0 saturated carbocycles. The second-order valence-corrected chi connectivity index (χ2v) is 12.2. The molecule has 0 N–H and O–H groups in total. The van der Waals surface area contributed by atoms with E-state index in [1.807, 2.05) is 0 Å². The molecule has 0 radical (unpaired) electrons. The summed E-state index contributed by atoms with van der Waals surface area (Å²) >= 11 is 0. The van der Waals surface area contributed by atoms with Crippen LogP contribution in [0.25, 0.3) is 98.8 Å². The second-order valence-electron chi connectivity index (χ2n) is 12.2. The van der Waals surface area contributed by atoms with Crippen LogP contribution in [0.2, 0.25) is 0 Å². The maximum Gasteiger partial charge on any atom is 0.235 e. The van der Waals surface area contributed by atoms with Crippen LogP contribution in [0.15, 0.2) is 146 Å². The molecule has 4 aromatic heterocycles. The highest BCUT2D eigenvalue weighted by Gasteiger charge is 2.23. The normalized spacial score (nSPS) is 12.3. The van der Waals surface area contributed by atoms with Crippen LogP contribution >= 0.6 is 0 Å². The fourth-order valence-corrected chi connectivity index (χ4v) is 7.92. The number of para-hydroxylation sites is 3. The zero-order valence-corrected chi connectivity index (χ0v) is 24.6. The van der Waals surface area contributed by atoms with Gasteiger partial charge in [-0.15, -0.1) is 0 Å². The maximum absolute atomic E-state index is 5.39. The largest absolute Gasteiger partial charge is 0.308 e. The predicted molar refractivity (Wildman–Crippen MR) is 191 cm³/mol. The maximum atomic E-state index is 5.39. The third kappa shape index (κ3) is 3.03. The Morgan fingerprint density at radius 1 is 0.413 bits per heavy atom. The number of nitrogens with zero attached hydrogens (tertiary/aromatic N) is 4. The monoisotopic (exact) mass is 584 g/mol. The Kier molecular flexibility index (Phi) is 4.55. The van der Waals surface area contributed by atoms with Gasteiger partial charge in [-0.3, -0.25) is 4.57 Å². The number of aromatic nitrogens is 4. The van der Waals surface area contributed by atoms with E-state index in [9.17, 15) is 0 Å². The molecule has 0 amide bonds. The van der Waals surface area contributed by atoms with E-state index in [1.165, 1.54) is 59.6 Å². The van der Waals surface area contributed by atoms with E-state index in [0.29, 0.717) is 5.95 Å².